The predicted octanol–water partition coefficient (Wildman–Crippen LogP) is 3.42. The Bertz CT molecular complexity index is 983. The minimum absolute atomic E-state index is 0.103. The molecule has 0 aliphatic heterocycles. The maximum Gasteiger partial charge on any atom is 0.262 e. The molecule has 0 unspecified atom stereocenters. The first-order chi connectivity index (χ1) is 13.1. The van der Waals surface area contributed by atoms with E-state index in [-0.39, 0.29) is 12.2 Å². The van der Waals surface area contributed by atoms with Crippen LogP contribution in [0.3, 0.4) is 0 Å². The lowest BCUT2D eigenvalue weighted by Crippen LogP contribution is -2.24. The van der Waals surface area contributed by atoms with Gasteiger partial charge in [-0.15, -0.1) is 6.58 Å². The highest BCUT2D eigenvalue weighted by Gasteiger charge is 2.13. The third-order valence-electron chi connectivity index (χ3n) is 4.01. The second-order valence-electron chi connectivity index (χ2n) is 6.20. The Kier molecular flexibility index (Phi) is 6.32. The SMILES string of the molecule is C=CCn1c(SC[C@H](O)COc2ccc(C)cc2)nc2ccccc2c1=O. The molecule has 140 valence electrons. The van der Waals surface area contributed by atoms with Gasteiger partial charge in [-0.1, -0.05) is 47.7 Å². The number of allylic oxidation sites excluding steroid dienone is 1. The van der Waals surface area contributed by atoms with Crippen molar-refractivity contribution in [2.75, 3.05) is 12.4 Å². The van der Waals surface area contributed by atoms with Gasteiger partial charge in [-0.2, -0.15) is 0 Å². The van der Waals surface area contributed by atoms with Crippen molar-refractivity contribution >= 4 is 22.7 Å². The average Bonchev–Trinajstić information content (AvgIpc) is 2.68. The van der Waals surface area contributed by atoms with Gasteiger partial charge in [-0.05, 0) is 31.2 Å². The number of aliphatic hydroxyl groups excluding tert-OH is 1. The minimum atomic E-state index is -0.683. The highest BCUT2D eigenvalue weighted by molar-refractivity contribution is 7.99. The normalized spacial score (nSPS) is 12.1. The lowest BCUT2D eigenvalue weighted by molar-refractivity contribution is 0.126. The Labute approximate surface area is 162 Å². The minimum Gasteiger partial charge on any atom is -0.491 e. The van der Waals surface area contributed by atoms with Crippen LogP contribution >= 0.6 is 11.8 Å². The number of thioether (sulfide) groups is 1. The summed E-state index contributed by atoms with van der Waals surface area (Å²) in [6, 6.07) is 14.9. The third-order valence-corrected chi connectivity index (χ3v) is 5.13. The van der Waals surface area contributed by atoms with Gasteiger partial charge in [-0.25, -0.2) is 4.98 Å². The van der Waals surface area contributed by atoms with Crippen molar-refractivity contribution in [1.29, 1.82) is 0 Å². The van der Waals surface area contributed by atoms with E-state index in [2.05, 4.69) is 11.6 Å². The van der Waals surface area contributed by atoms with Gasteiger partial charge in [0.1, 0.15) is 12.4 Å². The number of ether oxygens (including phenoxy) is 1. The second-order valence-corrected chi connectivity index (χ2v) is 7.19. The molecule has 2 aromatic carbocycles. The summed E-state index contributed by atoms with van der Waals surface area (Å²) in [4.78, 5) is 17.3. The van der Waals surface area contributed by atoms with Gasteiger partial charge in [0.25, 0.3) is 5.56 Å². The molecule has 3 rings (SSSR count). The molecule has 0 amide bonds. The Morgan fingerprint density at radius 2 is 2.00 bits per heavy atom. The van der Waals surface area contributed by atoms with Crippen LogP contribution in [0.4, 0.5) is 0 Å². The molecule has 0 aliphatic rings. The first-order valence-corrected chi connectivity index (χ1v) is 9.68. The number of aryl methyl sites for hydroxylation is 1. The summed E-state index contributed by atoms with van der Waals surface area (Å²) in [6.07, 6.45) is 0.982. The molecule has 3 aromatic rings. The number of aromatic nitrogens is 2. The highest BCUT2D eigenvalue weighted by Crippen LogP contribution is 2.19. The van der Waals surface area contributed by atoms with Gasteiger partial charge in [0, 0.05) is 12.3 Å². The molecule has 5 nitrogen and oxygen atoms in total. The van der Waals surface area contributed by atoms with Crippen LogP contribution in [0.25, 0.3) is 10.9 Å². The monoisotopic (exact) mass is 382 g/mol. The van der Waals surface area contributed by atoms with Crippen molar-refractivity contribution in [3.63, 3.8) is 0 Å². The third kappa shape index (κ3) is 4.78. The fourth-order valence-corrected chi connectivity index (χ4v) is 3.51. The Morgan fingerprint density at radius 3 is 2.74 bits per heavy atom. The molecule has 0 fully saturated rings. The summed E-state index contributed by atoms with van der Waals surface area (Å²) < 4.78 is 7.19. The predicted molar refractivity (Wildman–Crippen MR) is 110 cm³/mol. The van der Waals surface area contributed by atoms with Crippen LogP contribution in [0, 0.1) is 6.92 Å². The van der Waals surface area contributed by atoms with E-state index in [1.807, 2.05) is 49.4 Å². The van der Waals surface area contributed by atoms with E-state index in [1.165, 1.54) is 11.8 Å². The topological polar surface area (TPSA) is 64.3 Å². The number of hydrogen-bond acceptors (Lipinski definition) is 5. The maximum atomic E-state index is 12.7. The van der Waals surface area contributed by atoms with Crippen molar-refractivity contribution in [3.05, 3.63) is 77.1 Å². The average molecular weight is 382 g/mol. The standard InChI is InChI=1S/C21H22N2O3S/c1-3-12-23-20(25)18-6-4-5-7-19(18)22-21(23)27-14-16(24)13-26-17-10-8-15(2)9-11-17/h3-11,16,24H,1,12-14H2,2H3/t16-/m1/s1. The molecule has 27 heavy (non-hydrogen) atoms. The Balaban J connectivity index is 1.69. The smallest absolute Gasteiger partial charge is 0.262 e. The summed E-state index contributed by atoms with van der Waals surface area (Å²) in [7, 11) is 0. The molecule has 0 bridgehead atoms. The number of aliphatic hydroxyl groups is 1. The first-order valence-electron chi connectivity index (χ1n) is 8.69. The molecular weight excluding hydrogens is 360 g/mol. The van der Waals surface area contributed by atoms with Crippen LogP contribution in [0.2, 0.25) is 0 Å². The van der Waals surface area contributed by atoms with Crippen LogP contribution in [-0.2, 0) is 6.54 Å². The molecule has 0 saturated carbocycles. The molecule has 0 spiro atoms. The first kappa shape index (κ1) is 19.2. The number of benzene rings is 2. The van der Waals surface area contributed by atoms with Crippen molar-refractivity contribution in [3.8, 4) is 5.75 Å². The van der Waals surface area contributed by atoms with Crippen LogP contribution < -0.4 is 10.3 Å². The molecule has 6 heteroatoms. The van der Waals surface area contributed by atoms with Crippen LogP contribution in [0.1, 0.15) is 5.56 Å². The molecule has 1 N–H and O–H groups in total. The van der Waals surface area contributed by atoms with Crippen molar-refractivity contribution in [2.24, 2.45) is 0 Å². The Morgan fingerprint density at radius 1 is 1.26 bits per heavy atom. The Hall–Kier alpha value is -2.57. The van der Waals surface area contributed by atoms with Crippen molar-refractivity contribution < 1.29 is 9.84 Å². The summed E-state index contributed by atoms with van der Waals surface area (Å²) in [5, 5.41) is 11.4. The number of para-hydroxylation sites is 1. The summed E-state index contributed by atoms with van der Waals surface area (Å²) in [6.45, 7) is 6.27. The fraction of sp³-hybridized carbons (Fsp3) is 0.238. The largest absolute Gasteiger partial charge is 0.491 e. The van der Waals surface area contributed by atoms with Gasteiger partial charge in [0.2, 0.25) is 0 Å². The second kappa shape index (κ2) is 8.88. The van der Waals surface area contributed by atoms with E-state index in [4.69, 9.17) is 4.74 Å². The molecule has 1 heterocycles. The summed E-state index contributed by atoms with van der Waals surface area (Å²) in [5.74, 6) is 1.09. The fourth-order valence-electron chi connectivity index (χ4n) is 2.59. The van der Waals surface area contributed by atoms with Gasteiger partial charge >= 0.3 is 0 Å². The van der Waals surface area contributed by atoms with E-state index < -0.39 is 6.10 Å². The number of rotatable bonds is 8. The van der Waals surface area contributed by atoms with E-state index in [0.717, 1.165) is 11.3 Å². The van der Waals surface area contributed by atoms with Gasteiger partial charge in [0.15, 0.2) is 5.16 Å². The molecule has 1 atom stereocenters. The zero-order chi connectivity index (χ0) is 19.2. The van der Waals surface area contributed by atoms with Crippen LogP contribution in [-0.4, -0.2) is 33.1 Å². The lowest BCUT2D eigenvalue weighted by atomic mass is 10.2. The number of hydrogen-bond donors (Lipinski definition) is 1. The molecule has 1 aromatic heterocycles. The van der Waals surface area contributed by atoms with Crippen LogP contribution in [0.5, 0.6) is 5.75 Å². The lowest BCUT2D eigenvalue weighted by Gasteiger charge is -2.14. The number of nitrogens with zero attached hydrogens (tertiary/aromatic N) is 2. The van der Waals surface area contributed by atoms with Crippen LogP contribution in [0.15, 0.2) is 71.1 Å². The van der Waals surface area contributed by atoms with E-state index in [0.29, 0.717) is 28.4 Å². The highest BCUT2D eigenvalue weighted by atomic mass is 32.2. The van der Waals surface area contributed by atoms with E-state index >= 15 is 0 Å². The quantitative estimate of drug-likeness (QED) is 0.367. The molecule has 0 aliphatic carbocycles. The molecule has 0 saturated heterocycles. The zero-order valence-electron chi connectivity index (χ0n) is 15.2. The zero-order valence-corrected chi connectivity index (χ0v) is 16.0. The summed E-state index contributed by atoms with van der Waals surface area (Å²) >= 11 is 1.34. The summed E-state index contributed by atoms with van der Waals surface area (Å²) in [5.41, 5.74) is 1.70. The van der Waals surface area contributed by atoms with E-state index in [1.54, 1.807) is 16.7 Å². The number of fused-ring (bicyclic) bond motifs is 1. The van der Waals surface area contributed by atoms with E-state index in [9.17, 15) is 9.90 Å². The maximum absolute atomic E-state index is 12.7. The van der Waals surface area contributed by atoms with Gasteiger partial charge in [-0.3, -0.25) is 9.36 Å². The van der Waals surface area contributed by atoms with Crippen molar-refractivity contribution in [1.82, 2.24) is 9.55 Å². The van der Waals surface area contributed by atoms with Gasteiger partial charge < -0.3 is 9.84 Å². The van der Waals surface area contributed by atoms with Crippen molar-refractivity contribution in [2.45, 2.75) is 24.7 Å². The molecule has 0 radical (unpaired) electrons. The molecular formula is C21H22N2O3S. The van der Waals surface area contributed by atoms with Gasteiger partial charge in [0.05, 0.1) is 17.0 Å².